The molecular weight excluding hydrogens is 320 g/mol. The first-order valence-corrected chi connectivity index (χ1v) is 9.21. The molecular formula is C18H24N4OS. The van der Waals surface area contributed by atoms with Crippen molar-refractivity contribution in [3.63, 3.8) is 0 Å². The van der Waals surface area contributed by atoms with E-state index in [0.717, 1.165) is 30.8 Å². The van der Waals surface area contributed by atoms with E-state index in [2.05, 4.69) is 28.7 Å². The standard InChI is InChI=1S/C18H24N4OS/c1-4-15-14-8-11-24-16(14)7-10-22(15)18(23)20-12-13-6-5-9-19-17(13)21(2)3/h5-6,8-9,11,15H,4,7,10,12H2,1-3H3,(H,20,23)/t15-/m1/s1. The number of anilines is 1. The Hall–Kier alpha value is -2.08. The Balaban J connectivity index is 1.70. The lowest BCUT2D eigenvalue weighted by molar-refractivity contribution is 0.167. The Bertz CT molecular complexity index is 713. The van der Waals surface area contributed by atoms with Crippen molar-refractivity contribution in [1.29, 1.82) is 0 Å². The third kappa shape index (κ3) is 3.24. The fraction of sp³-hybridized carbons (Fsp3) is 0.444. The number of urea groups is 1. The van der Waals surface area contributed by atoms with E-state index < -0.39 is 0 Å². The van der Waals surface area contributed by atoms with Crippen molar-refractivity contribution in [2.24, 2.45) is 0 Å². The molecule has 128 valence electrons. The third-order valence-electron chi connectivity index (χ3n) is 4.46. The molecule has 3 rings (SSSR count). The van der Waals surface area contributed by atoms with Crippen molar-refractivity contribution >= 4 is 23.2 Å². The van der Waals surface area contributed by atoms with Gasteiger partial charge >= 0.3 is 6.03 Å². The maximum absolute atomic E-state index is 12.7. The zero-order chi connectivity index (χ0) is 17.1. The first kappa shape index (κ1) is 16.8. The summed E-state index contributed by atoms with van der Waals surface area (Å²) in [5, 5.41) is 5.21. The number of fused-ring (bicyclic) bond motifs is 1. The summed E-state index contributed by atoms with van der Waals surface area (Å²) in [7, 11) is 3.92. The number of hydrogen-bond donors (Lipinski definition) is 1. The zero-order valence-electron chi connectivity index (χ0n) is 14.5. The van der Waals surface area contributed by atoms with Crippen LogP contribution in [-0.4, -0.2) is 36.6 Å². The summed E-state index contributed by atoms with van der Waals surface area (Å²) in [5.74, 6) is 0.892. The van der Waals surface area contributed by atoms with Gasteiger partial charge in [0.2, 0.25) is 0 Å². The number of carbonyl (C=O) groups excluding carboxylic acids is 1. The highest BCUT2D eigenvalue weighted by atomic mass is 32.1. The van der Waals surface area contributed by atoms with Crippen LogP contribution in [0.5, 0.6) is 0 Å². The molecule has 0 saturated carbocycles. The van der Waals surface area contributed by atoms with Crippen LogP contribution >= 0.6 is 11.3 Å². The monoisotopic (exact) mass is 344 g/mol. The molecule has 5 nitrogen and oxygen atoms in total. The minimum atomic E-state index is 0.00672. The van der Waals surface area contributed by atoms with Gasteiger partial charge in [-0.3, -0.25) is 0 Å². The van der Waals surface area contributed by atoms with E-state index >= 15 is 0 Å². The summed E-state index contributed by atoms with van der Waals surface area (Å²) in [6.45, 7) is 3.41. The highest BCUT2D eigenvalue weighted by Gasteiger charge is 2.30. The maximum Gasteiger partial charge on any atom is 0.318 e. The van der Waals surface area contributed by atoms with Crippen LogP contribution in [0.2, 0.25) is 0 Å². The molecule has 0 bridgehead atoms. The third-order valence-corrected chi connectivity index (χ3v) is 5.46. The van der Waals surface area contributed by atoms with Gasteiger partial charge in [0.15, 0.2) is 0 Å². The van der Waals surface area contributed by atoms with Crippen molar-refractivity contribution in [2.45, 2.75) is 32.4 Å². The molecule has 1 aliphatic rings. The molecule has 1 aliphatic heterocycles. The SMILES string of the molecule is CC[C@@H]1c2ccsc2CCN1C(=O)NCc1cccnc1N(C)C. The van der Waals surface area contributed by atoms with Crippen molar-refractivity contribution in [3.05, 3.63) is 45.8 Å². The van der Waals surface area contributed by atoms with Crippen LogP contribution in [0, 0.1) is 0 Å². The minimum Gasteiger partial charge on any atom is -0.362 e. The van der Waals surface area contributed by atoms with E-state index in [1.807, 2.05) is 36.0 Å². The van der Waals surface area contributed by atoms with Gasteiger partial charge in [-0.05, 0) is 35.9 Å². The van der Waals surface area contributed by atoms with E-state index in [-0.39, 0.29) is 12.1 Å². The van der Waals surface area contributed by atoms with Gasteiger partial charge in [-0.25, -0.2) is 9.78 Å². The summed E-state index contributed by atoms with van der Waals surface area (Å²) in [5.41, 5.74) is 2.34. The van der Waals surface area contributed by atoms with Crippen LogP contribution in [0.4, 0.5) is 10.6 Å². The molecule has 0 fully saturated rings. The van der Waals surface area contributed by atoms with Gasteiger partial charge < -0.3 is 15.1 Å². The number of carbonyl (C=O) groups is 1. The first-order valence-electron chi connectivity index (χ1n) is 8.33. The first-order chi connectivity index (χ1) is 11.6. The molecule has 0 radical (unpaired) electrons. The van der Waals surface area contributed by atoms with Crippen LogP contribution < -0.4 is 10.2 Å². The van der Waals surface area contributed by atoms with E-state index in [0.29, 0.717) is 6.54 Å². The fourth-order valence-corrected chi connectivity index (χ4v) is 4.25. The predicted molar refractivity (Wildman–Crippen MR) is 98.6 cm³/mol. The van der Waals surface area contributed by atoms with Crippen LogP contribution in [-0.2, 0) is 13.0 Å². The lowest BCUT2D eigenvalue weighted by Gasteiger charge is -2.35. The van der Waals surface area contributed by atoms with Crippen LogP contribution in [0.3, 0.4) is 0 Å². The van der Waals surface area contributed by atoms with Gasteiger partial charge in [0.05, 0.1) is 6.04 Å². The number of aromatic nitrogens is 1. The van der Waals surface area contributed by atoms with E-state index in [4.69, 9.17) is 0 Å². The van der Waals surface area contributed by atoms with Gasteiger partial charge in [0.1, 0.15) is 5.82 Å². The molecule has 2 aromatic heterocycles. The van der Waals surface area contributed by atoms with Gasteiger partial charge in [0.25, 0.3) is 0 Å². The number of nitrogens with zero attached hydrogens (tertiary/aromatic N) is 3. The number of hydrogen-bond acceptors (Lipinski definition) is 4. The molecule has 1 N–H and O–H groups in total. The van der Waals surface area contributed by atoms with Gasteiger partial charge in [-0.2, -0.15) is 0 Å². The summed E-state index contributed by atoms with van der Waals surface area (Å²) in [6, 6.07) is 6.27. The van der Waals surface area contributed by atoms with E-state index in [1.165, 1.54) is 10.4 Å². The Morgan fingerprint density at radius 3 is 3.04 bits per heavy atom. The molecule has 3 heterocycles. The summed E-state index contributed by atoms with van der Waals surface area (Å²) in [4.78, 5) is 22.5. The fourth-order valence-electron chi connectivity index (χ4n) is 3.32. The highest BCUT2D eigenvalue weighted by molar-refractivity contribution is 7.10. The second-order valence-corrected chi connectivity index (χ2v) is 7.21. The number of amides is 2. The highest BCUT2D eigenvalue weighted by Crippen LogP contribution is 2.35. The summed E-state index contributed by atoms with van der Waals surface area (Å²) < 4.78 is 0. The predicted octanol–water partition coefficient (Wildman–Crippen LogP) is 3.43. The zero-order valence-corrected chi connectivity index (χ0v) is 15.3. The largest absolute Gasteiger partial charge is 0.362 e. The Morgan fingerprint density at radius 1 is 1.46 bits per heavy atom. The maximum atomic E-state index is 12.7. The van der Waals surface area contributed by atoms with E-state index in [9.17, 15) is 4.79 Å². The molecule has 1 atom stereocenters. The lowest BCUT2D eigenvalue weighted by Crippen LogP contribution is -2.45. The molecule has 0 spiro atoms. The lowest BCUT2D eigenvalue weighted by atomic mass is 9.98. The second kappa shape index (κ2) is 7.21. The van der Waals surface area contributed by atoms with Crippen molar-refractivity contribution in [1.82, 2.24) is 15.2 Å². The second-order valence-electron chi connectivity index (χ2n) is 6.21. The number of nitrogens with one attached hydrogen (secondary N) is 1. The Morgan fingerprint density at radius 2 is 2.29 bits per heavy atom. The number of pyridine rings is 1. The quantitative estimate of drug-likeness (QED) is 0.924. The topological polar surface area (TPSA) is 48.5 Å². The van der Waals surface area contributed by atoms with Gasteiger partial charge in [0, 0.05) is 43.8 Å². The van der Waals surface area contributed by atoms with Crippen LogP contribution in [0.25, 0.3) is 0 Å². The molecule has 2 aromatic rings. The molecule has 0 aliphatic carbocycles. The molecule has 0 unspecified atom stereocenters. The van der Waals surface area contributed by atoms with Gasteiger partial charge in [-0.1, -0.05) is 13.0 Å². The normalized spacial score (nSPS) is 16.6. The van der Waals surface area contributed by atoms with E-state index in [1.54, 1.807) is 17.5 Å². The van der Waals surface area contributed by atoms with Crippen LogP contribution in [0.1, 0.15) is 35.4 Å². The average molecular weight is 344 g/mol. The van der Waals surface area contributed by atoms with Crippen molar-refractivity contribution in [2.75, 3.05) is 25.5 Å². The smallest absolute Gasteiger partial charge is 0.318 e. The number of thiophene rings is 1. The molecule has 0 saturated heterocycles. The van der Waals surface area contributed by atoms with Crippen LogP contribution in [0.15, 0.2) is 29.8 Å². The van der Waals surface area contributed by atoms with Crippen molar-refractivity contribution < 1.29 is 4.79 Å². The molecule has 2 amide bonds. The molecule has 6 heteroatoms. The summed E-state index contributed by atoms with van der Waals surface area (Å²) in [6.07, 6.45) is 3.66. The number of rotatable bonds is 4. The van der Waals surface area contributed by atoms with Crippen molar-refractivity contribution in [3.8, 4) is 0 Å². The Kier molecular flexibility index (Phi) is 5.04. The summed E-state index contributed by atoms with van der Waals surface area (Å²) >= 11 is 1.80. The molecule has 0 aromatic carbocycles. The molecule has 24 heavy (non-hydrogen) atoms. The average Bonchev–Trinajstić information content (AvgIpc) is 3.07. The minimum absolute atomic E-state index is 0.00672. The van der Waals surface area contributed by atoms with Gasteiger partial charge in [-0.15, -0.1) is 11.3 Å². The Labute approximate surface area is 147 Å².